The van der Waals surface area contributed by atoms with Crippen molar-refractivity contribution in [3.05, 3.63) is 66.2 Å². The van der Waals surface area contributed by atoms with Crippen LogP contribution in [0.3, 0.4) is 0 Å². The van der Waals surface area contributed by atoms with E-state index in [0.717, 1.165) is 22.7 Å². The Morgan fingerprint density at radius 1 is 1.12 bits per heavy atom. The van der Waals surface area contributed by atoms with Gasteiger partial charge in [0, 0.05) is 11.8 Å². The van der Waals surface area contributed by atoms with Crippen molar-refractivity contribution in [2.75, 3.05) is 19.0 Å². The minimum Gasteiger partial charge on any atom is -0.497 e. The second-order valence-electron chi connectivity index (χ2n) is 7.44. The maximum Gasteiger partial charge on any atom is 0.211 e. The Bertz CT molecular complexity index is 787. The lowest BCUT2D eigenvalue weighted by Crippen LogP contribution is -2.25. The van der Waals surface area contributed by atoms with Gasteiger partial charge in [-0.05, 0) is 35.2 Å². The molecule has 3 rings (SSSR count). The van der Waals surface area contributed by atoms with Crippen molar-refractivity contribution in [1.29, 1.82) is 0 Å². The number of ether oxygens (including phenoxy) is 2. The lowest BCUT2D eigenvalue weighted by atomic mass is 9.88. The molecule has 0 amide bonds. The highest BCUT2D eigenvalue weighted by molar-refractivity contribution is 5.98. The molecule has 0 aromatic heterocycles. The van der Waals surface area contributed by atoms with Crippen LogP contribution in [0, 0.1) is 5.41 Å². The topological polar surface area (TPSA) is 42.8 Å². The Kier molecular flexibility index (Phi) is 5.31. The second kappa shape index (κ2) is 7.65. The van der Waals surface area contributed by atoms with Gasteiger partial charge in [-0.25, -0.2) is 4.99 Å². The van der Waals surface area contributed by atoms with Crippen molar-refractivity contribution in [3.63, 3.8) is 0 Å². The Morgan fingerprint density at radius 3 is 2.38 bits per heavy atom. The van der Waals surface area contributed by atoms with E-state index in [1.54, 1.807) is 7.11 Å². The molecule has 0 radical (unpaired) electrons. The van der Waals surface area contributed by atoms with Crippen LogP contribution in [0.1, 0.15) is 26.3 Å². The van der Waals surface area contributed by atoms with E-state index in [0.29, 0.717) is 12.5 Å². The fraction of sp³-hybridized carbons (Fsp3) is 0.318. The first-order valence-corrected chi connectivity index (χ1v) is 8.84. The zero-order valence-corrected chi connectivity index (χ0v) is 15.8. The van der Waals surface area contributed by atoms with Gasteiger partial charge in [0.15, 0.2) is 0 Å². The third-order valence-electron chi connectivity index (χ3n) is 4.39. The summed E-state index contributed by atoms with van der Waals surface area (Å²) in [7, 11) is 1.67. The van der Waals surface area contributed by atoms with Crippen LogP contribution in [0.15, 0.2) is 65.7 Å². The first-order chi connectivity index (χ1) is 12.5. The molecular formula is C22H26N2O2. The number of rotatable bonds is 5. The molecule has 0 aliphatic carbocycles. The van der Waals surface area contributed by atoms with Gasteiger partial charge in [-0.3, -0.25) is 0 Å². The van der Waals surface area contributed by atoms with Crippen molar-refractivity contribution < 1.29 is 9.47 Å². The Hall–Kier alpha value is -2.75. The van der Waals surface area contributed by atoms with Crippen LogP contribution in [-0.4, -0.2) is 25.7 Å². The Labute approximate surface area is 155 Å². The van der Waals surface area contributed by atoms with Crippen LogP contribution in [0.5, 0.6) is 5.75 Å². The average molecular weight is 350 g/mol. The van der Waals surface area contributed by atoms with Gasteiger partial charge < -0.3 is 14.8 Å². The van der Waals surface area contributed by atoms with Crippen LogP contribution in [0.25, 0.3) is 5.70 Å². The van der Waals surface area contributed by atoms with Gasteiger partial charge >= 0.3 is 0 Å². The van der Waals surface area contributed by atoms with Gasteiger partial charge in [0.1, 0.15) is 12.4 Å². The predicted molar refractivity (Wildman–Crippen MR) is 108 cm³/mol. The summed E-state index contributed by atoms with van der Waals surface area (Å²) in [5.41, 5.74) is 3.09. The van der Waals surface area contributed by atoms with Gasteiger partial charge in [-0.1, -0.05) is 51.1 Å². The van der Waals surface area contributed by atoms with E-state index in [4.69, 9.17) is 14.5 Å². The first-order valence-electron chi connectivity index (χ1n) is 8.84. The zero-order chi connectivity index (χ0) is 18.6. The lowest BCUT2D eigenvalue weighted by molar-refractivity contribution is 0.236. The van der Waals surface area contributed by atoms with E-state index in [-0.39, 0.29) is 11.5 Å². The van der Waals surface area contributed by atoms with Crippen molar-refractivity contribution in [2.24, 2.45) is 10.4 Å². The molecule has 1 aliphatic rings. The summed E-state index contributed by atoms with van der Waals surface area (Å²) in [5, 5.41) is 3.47. The molecule has 4 nitrogen and oxygen atoms in total. The lowest BCUT2D eigenvalue weighted by Gasteiger charge is -2.21. The molecule has 1 heterocycles. The summed E-state index contributed by atoms with van der Waals surface area (Å²) < 4.78 is 11.1. The summed E-state index contributed by atoms with van der Waals surface area (Å²) in [6.07, 6.45) is 1.98. The highest BCUT2D eigenvalue weighted by Gasteiger charge is 2.29. The van der Waals surface area contributed by atoms with Crippen molar-refractivity contribution in [3.8, 4) is 5.75 Å². The molecule has 0 saturated carbocycles. The minimum atomic E-state index is 0.0892. The molecule has 136 valence electrons. The van der Waals surface area contributed by atoms with Crippen LogP contribution in [0.4, 0.5) is 5.69 Å². The number of hydrogen-bond donors (Lipinski definition) is 1. The molecule has 0 saturated heterocycles. The van der Waals surface area contributed by atoms with Gasteiger partial charge in [-0.2, -0.15) is 0 Å². The predicted octanol–water partition coefficient (Wildman–Crippen LogP) is 4.99. The highest BCUT2D eigenvalue weighted by Crippen LogP contribution is 2.27. The molecular weight excluding hydrogens is 324 g/mol. The first kappa shape index (κ1) is 18.1. The van der Waals surface area contributed by atoms with E-state index >= 15 is 0 Å². The van der Waals surface area contributed by atoms with Crippen LogP contribution in [0.2, 0.25) is 0 Å². The fourth-order valence-corrected chi connectivity index (χ4v) is 2.68. The maximum atomic E-state index is 5.83. The van der Waals surface area contributed by atoms with E-state index in [1.165, 1.54) is 0 Å². The Balaban J connectivity index is 1.89. The SMILES string of the molecule is COc1ccc(NC(=CC2=NC(C(C)(C)C)CO2)c2ccccc2)cc1. The molecule has 0 fully saturated rings. The molecule has 0 bridgehead atoms. The number of hydrogen-bond acceptors (Lipinski definition) is 4. The zero-order valence-electron chi connectivity index (χ0n) is 15.8. The Morgan fingerprint density at radius 2 is 1.81 bits per heavy atom. The largest absolute Gasteiger partial charge is 0.497 e. The number of nitrogens with one attached hydrogen (secondary N) is 1. The third-order valence-corrected chi connectivity index (χ3v) is 4.39. The number of methoxy groups -OCH3 is 1. The molecule has 1 unspecified atom stereocenters. The minimum absolute atomic E-state index is 0.0892. The van der Waals surface area contributed by atoms with Gasteiger partial charge in [0.25, 0.3) is 0 Å². The molecule has 1 atom stereocenters. The van der Waals surface area contributed by atoms with E-state index in [2.05, 4.69) is 38.2 Å². The number of benzene rings is 2. The van der Waals surface area contributed by atoms with Crippen molar-refractivity contribution >= 4 is 17.3 Å². The standard InChI is InChI=1S/C22H26N2O2/c1-22(2,3)20-15-26-21(24-20)14-19(16-8-6-5-7-9-16)23-17-10-12-18(25-4)13-11-17/h5-14,20,23H,15H2,1-4H3. The summed E-state index contributed by atoms with van der Waals surface area (Å²) in [6, 6.07) is 18.2. The van der Waals surface area contributed by atoms with E-state index in [9.17, 15) is 0 Å². The van der Waals surface area contributed by atoms with Crippen LogP contribution >= 0.6 is 0 Å². The normalized spacial score (nSPS) is 17.5. The van der Waals surface area contributed by atoms with Crippen LogP contribution in [-0.2, 0) is 4.74 Å². The average Bonchev–Trinajstić information content (AvgIpc) is 3.12. The smallest absolute Gasteiger partial charge is 0.211 e. The summed E-state index contributed by atoms with van der Waals surface area (Å²) >= 11 is 0. The van der Waals surface area contributed by atoms with Crippen LogP contribution < -0.4 is 10.1 Å². The maximum absolute atomic E-state index is 5.83. The van der Waals surface area contributed by atoms with E-state index < -0.39 is 0 Å². The summed E-state index contributed by atoms with van der Waals surface area (Å²) in [5.74, 6) is 1.50. The third kappa shape index (κ3) is 4.45. The molecule has 1 aliphatic heterocycles. The fourth-order valence-electron chi connectivity index (χ4n) is 2.68. The highest BCUT2D eigenvalue weighted by atomic mass is 16.5. The number of anilines is 1. The van der Waals surface area contributed by atoms with Crippen molar-refractivity contribution in [2.45, 2.75) is 26.8 Å². The molecule has 2 aromatic carbocycles. The summed E-state index contributed by atoms with van der Waals surface area (Å²) in [4.78, 5) is 4.75. The van der Waals surface area contributed by atoms with Gasteiger partial charge in [0.2, 0.25) is 5.90 Å². The monoisotopic (exact) mass is 350 g/mol. The van der Waals surface area contributed by atoms with E-state index in [1.807, 2.05) is 48.5 Å². The van der Waals surface area contributed by atoms with Gasteiger partial charge in [-0.15, -0.1) is 0 Å². The number of nitrogens with zero attached hydrogens (tertiary/aromatic N) is 1. The molecule has 1 N–H and O–H groups in total. The van der Waals surface area contributed by atoms with Gasteiger partial charge in [0.05, 0.1) is 18.8 Å². The second-order valence-corrected chi connectivity index (χ2v) is 7.44. The molecule has 4 heteroatoms. The summed E-state index contributed by atoms with van der Waals surface area (Å²) in [6.45, 7) is 7.18. The molecule has 0 spiro atoms. The number of aliphatic imine (C=N–C) groups is 1. The molecule has 2 aromatic rings. The van der Waals surface area contributed by atoms with Crippen molar-refractivity contribution in [1.82, 2.24) is 0 Å². The molecule has 26 heavy (non-hydrogen) atoms. The quantitative estimate of drug-likeness (QED) is 0.826.